The number of aromatic nitrogens is 3. The minimum atomic E-state index is 0.158. The van der Waals surface area contributed by atoms with Gasteiger partial charge in [-0.25, -0.2) is 0 Å². The highest BCUT2D eigenvalue weighted by molar-refractivity contribution is 7.99. The topological polar surface area (TPSA) is 60.2 Å². The molecule has 0 spiro atoms. The monoisotopic (exact) mass is 375 g/mol. The molecule has 25 heavy (non-hydrogen) atoms. The zero-order chi connectivity index (χ0) is 17.6. The summed E-state index contributed by atoms with van der Waals surface area (Å²) in [6.45, 7) is 0.158. The number of aliphatic hydroxyl groups excluding tert-OH is 1. The van der Waals surface area contributed by atoms with Gasteiger partial charge in [0.05, 0.1) is 7.11 Å². The van der Waals surface area contributed by atoms with Crippen LogP contribution in [0.25, 0.3) is 17.1 Å². The van der Waals surface area contributed by atoms with E-state index < -0.39 is 0 Å². The quantitative estimate of drug-likeness (QED) is 0.498. The number of hydrogen-bond acceptors (Lipinski definition) is 5. The minimum Gasteiger partial charge on any atom is -0.497 e. The first kappa shape index (κ1) is 17.8. The van der Waals surface area contributed by atoms with Crippen LogP contribution >= 0.6 is 23.4 Å². The molecular weight excluding hydrogens is 358 g/mol. The first-order valence-electron chi connectivity index (χ1n) is 7.82. The van der Waals surface area contributed by atoms with E-state index in [-0.39, 0.29) is 6.61 Å². The molecule has 0 fully saturated rings. The lowest BCUT2D eigenvalue weighted by molar-refractivity contribution is 0.296. The molecule has 0 aliphatic heterocycles. The van der Waals surface area contributed by atoms with Gasteiger partial charge < -0.3 is 9.84 Å². The van der Waals surface area contributed by atoms with Gasteiger partial charge in [0.1, 0.15) is 5.75 Å². The van der Waals surface area contributed by atoms with Crippen molar-refractivity contribution in [2.24, 2.45) is 0 Å². The van der Waals surface area contributed by atoms with E-state index in [9.17, 15) is 0 Å². The zero-order valence-corrected chi connectivity index (χ0v) is 15.3. The van der Waals surface area contributed by atoms with Gasteiger partial charge in [0, 0.05) is 28.6 Å². The third-order valence-corrected chi connectivity index (χ3v) is 4.85. The Hall–Kier alpha value is -2.02. The molecule has 0 amide bonds. The Morgan fingerprint density at radius 3 is 2.68 bits per heavy atom. The van der Waals surface area contributed by atoms with Crippen LogP contribution in [-0.4, -0.2) is 39.3 Å². The number of aliphatic hydroxyl groups is 1. The number of thioether (sulfide) groups is 1. The van der Waals surface area contributed by atoms with Crippen LogP contribution in [0.3, 0.4) is 0 Å². The molecule has 1 N–H and O–H groups in total. The van der Waals surface area contributed by atoms with Crippen molar-refractivity contribution in [3.05, 3.63) is 53.6 Å². The molecule has 0 saturated heterocycles. The van der Waals surface area contributed by atoms with Crippen LogP contribution in [0.4, 0.5) is 0 Å². The first-order chi connectivity index (χ1) is 12.2. The highest BCUT2D eigenvalue weighted by Crippen LogP contribution is 2.30. The van der Waals surface area contributed by atoms with Crippen LogP contribution in [-0.2, 0) is 0 Å². The number of benzene rings is 2. The Kier molecular flexibility index (Phi) is 5.96. The van der Waals surface area contributed by atoms with Gasteiger partial charge >= 0.3 is 0 Å². The van der Waals surface area contributed by atoms with E-state index in [1.807, 2.05) is 53.1 Å². The van der Waals surface area contributed by atoms with Gasteiger partial charge in [0.25, 0.3) is 0 Å². The third-order valence-electron chi connectivity index (χ3n) is 3.58. The van der Waals surface area contributed by atoms with Crippen molar-refractivity contribution in [2.75, 3.05) is 19.5 Å². The van der Waals surface area contributed by atoms with E-state index in [1.165, 1.54) is 0 Å². The van der Waals surface area contributed by atoms with Crippen LogP contribution in [0, 0.1) is 0 Å². The van der Waals surface area contributed by atoms with Crippen molar-refractivity contribution in [3.63, 3.8) is 0 Å². The van der Waals surface area contributed by atoms with E-state index >= 15 is 0 Å². The Balaban J connectivity index is 2.06. The lowest BCUT2D eigenvalue weighted by atomic mass is 10.2. The molecule has 7 heteroatoms. The number of halogens is 1. The molecule has 5 nitrogen and oxygen atoms in total. The molecule has 2 aromatic carbocycles. The summed E-state index contributed by atoms with van der Waals surface area (Å²) in [7, 11) is 1.64. The van der Waals surface area contributed by atoms with E-state index in [2.05, 4.69) is 10.2 Å². The normalized spacial score (nSPS) is 10.8. The molecule has 0 bridgehead atoms. The van der Waals surface area contributed by atoms with Crippen molar-refractivity contribution in [1.82, 2.24) is 14.8 Å². The fourth-order valence-electron chi connectivity index (χ4n) is 2.36. The molecule has 130 valence electrons. The summed E-state index contributed by atoms with van der Waals surface area (Å²) in [5.41, 5.74) is 1.84. The molecule has 0 aliphatic rings. The summed E-state index contributed by atoms with van der Waals surface area (Å²) in [6.07, 6.45) is 0.701. The van der Waals surface area contributed by atoms with Crippen molar-refractivity contribution in [3.8, 4) is 22.8 Å². The van der Waals surface area contributed by atoms with Gasteiger partial charge in [-0.1, -0.05) is 35.5 Å². The lowest BCUT2D eigenvalue weighted by Gasteiger charge is -2.11. The second kappa shape index (κ2) is 8.38. The second-order valence-electron chi connectivity index (χ2n) is 5.28. The van der Waals surface area contributed by atoms with Gasteiger partial charge in [-0.05, 0) is 42.8 Å². The zero-order valence-electron chi connectivity index (χ0n) is 13.7. The molecule has 0 aliphatic carbocycles. The average Bonchev–Trinajstić information content (AvgIpc) is 3.06. The Morgan fingerprint density at radius 2 is 1.96 bits per heavy atom. The van der Waals surface area contributed by atoms with Gasteiger partial charge in [0.2, 0.25) is 0 Å². The predicted molar refractivity (Wildman–Crippen MR) is 101 cm³/mol. The molecular formula is C18H18ClN3O2S. The number of ether oxygens (including phenoxy) is 1. The Labute approximate surface area is 155 Å². The predicted octanol–water partition coefficient (Wildman–Crippen LogP) is 4.07. The summed E-state index contributed by atoms with van der Waals surface area (Å²) < 4.78 is 7.31. The Morgan fingerprint density at radius 1 is 1.16 bits per heavy atom. The van der Waals surface area contributed by atoms with E-state index in [0.717, 1.165) is 33.7 Å². The first-order valence-corrected chi connectivity index (χ1v) is 9.18. The van der Waals surface area contributed by atoms with Crippen LogP contribution in [0.15, 0.2) is 53.7 Å². The summed E-state index contributed by atoms with van der Waals surface area (Å²) in [4.78, 5) is 0. The molecule has 3 rings (SSSR count). The number of nitrogens with zero attached hydrogens (tertiary/aromatic N) is 3. The third kappa shape index (κ3) is 4.15. The second-order valence-corrected chi connectivity index (χ2v) is 6.77. The lowest BCUT2D eigenvalue weighted by Crippen LogP contribution is -2.00. The minimum absolute atomic E-state index is 0.158. The largest absolute Gasteiger partial charge is 0.497 e. The average molecular weight is 376 g/mol. The standard InChI is InChI=1S/C18H18ClN3O2S/c1-24-16-5-2-4-13(12-16)17-20-21-18(25-11-3-10-23)22(17)15-8-6-14(19)7-9-15/h2,4-9,12,23H,3,10-11H2,1H3. The smallest absolute Gasteiger partial charge is 0.196 e. The highest BCUT2D eigenvalue weighted by atomic mass is 35.5. The summed E-state index contributed by atoms with van der Waals surface area (Å²) in [5.74, 6) is 2.26. The van der Waals surface area contributed by atoms with Crippen LogP contribution in [0.5, 0.6) is 5.75 Å². The number of rotatable bonds is 7. The Bertz CT molecular complexity index is 837. The van der Waals surface area contributed by atoms with Gasteiger partial charge in [-0.2, -0.15) is 0 Å². The molecule has 1 aromatic heterocycles. The van der Waals surface area contributed by atoms with Gasteiger partial charge in [-0.3, -0.25) is 4.57 Å². The SMILES string of the molecule is COc1cccc(-c2nnc(SCCCO)n2-c2ccc(Cl)cc2)c1. The highest BCUT2D eigenvalue weighted by Gasteiger charge is 2.16. The van der Waals surface area contributed by atoms with E-state index in [0.29, 0.717) is 11.4 Å². The van der Waals surface area contributed by atoms with Crippen LogP contribution < -0.4 is 4.74 Å². The maximum Gasteiger partial charge on any atom is 0.196 e. The van der Waals surface area contributed by atoms with Crippen LogP contribution in [0.2, 0.25) is 5.02 Å². The van der Waals surface area contributed by atoms with E-state index in [1.54, 1.807) is 18.9 Å². The van der Waals surface area contributed by atoms with Crippen molar-refractivity contribution in [2.45, 2.75) is 11.6 Å². The molecule has 1 heterocycles. The van der Waals surface area contributed by atoms with Gasteiger partial charge in [0.15, 0.2) is 11.0 Å². The molecule has 3 aromatic rings. The molecule has 0 saturated carbocycles. The van der Waals surface area contributed by atoms with Crippen molar-refractivity contribution in [1.29, 1.82) is 0 Å². The number of methoxy groups -OCH3 is 1. The molecule has 0 radical (unpaired) electrons. The number of hydrogen-bond donors (Lipinski definition) is 1. The molecule has 0 atom stereocenters. The summed E-state index contributed by atoms with van der Waals surface area (Å²) in [6, 6.07) is 15.3. The summed E-state index contributed by atoms with van der Waals surface area (Å²) in [5, 5.41) is 19.2. The maximum absolute atomic E-state index is 9.02. The fourth-order valence-corrected chi connectivity index (χ4v) is 3.37. The van der Waals surface area contributed by atoms with Gasteiger partial charge in [-0.15, -0.1) is 10.2 Å². The van der Waals surface area contributed by atoms with E-state index in [4.69, 9.17) is 21.4 Å². The summed E-state index contributed by atoms with van der Waals surface area (Å²) >= 11 is 7.58. The molecule has 0 unspecified atom stereocenters. The van der Waals surface area contributed by atoms with Crippen molar-refractivity contribution >= 4 is 23.4 Å². The fraction of sp³-hybridized carbons (Fsp3) is 0.222. The maximum atomic E-state index is 9.02. The van der Waals surface area contributed by atoms with Crippen LogP contribution in [0.1, 0.15) is 6.42 Å². The van der Waals surface area contributed by atoms with Crippen molar-refractivity contribution < 1.29 is 9.84 Å².